The highest BCUT2D eigenvalue weighted by Gasteiger charge is 2.38. The van der Waals surface area contributed by atoms with Gasteiger partial charge in [0, 0.05) is 25.8 Å². The Labute approximate surface area is 197 Å². The molecule has 34 heavy (non-hydrogen) atoms. The van der Waals surface area contributed by atoms with Crippen LogP contribution in [0.25, 0.3) is 0 Å². The number of amides is 1. The number of anilines is 1. The van der Waals surface area contributed by atoms with Gasteiger partial charge in [-0.15, -0.1) is 0 Å². The van der Waals surface area contributed by atoms with Gasteiger partial charge < -0.3 is 9.47 Å². The number of halogens is 3. The van der Waals surface area contributed by atoms with E-state index in [1.807, 2.05) is 6.92 Å². The number of ether oxygens (including phenoxy) is 2. The fourth-order valence-electron chi connectivity index (χ4n) is 3.40. The monoisotopic (exact) mass is 500 g/mol. The molecular formula is C23H27F3N2O5S. The standard InChI is InChI=1S/C23H27F3N2O5S/c1-16-4-10-21(11-5-16)34(30,31)28-14-12-20(13-15-28)33-22(29)27(3)18-6-8-19(9-7-18)32-17(2)23(24,25)26/h4-11,17,20H,12-15H2,1-3H3. The van der Waals surface area contributed by atoms with Crippen LogP contribution in [0.3, 0.4) is 0 Å². The second-order valence-corrected chi connectivity index (χ2v) is 10.1. The van der Waals surface area contributed by atoms with Gasteiger partial charge in [-0.2, -0.15) is 17.5 Å². The summed E-state index contributed by atoms with van der Waals surface area (Å²) < 4.78 is 75.3. The molecule has 0 bridgehead atoms. The first-order valence-corrected chi connectivity index (χ1v) is 12.2. The Morgan fingerprint density at radius 3 is 2.15 bits per heavy atom. The van der Waals surface area contributed by atoms with Crippen molar-refractivity contribution < 1.29 is 35.9 Å². The summed E-state index contributed by atoms with van der Waals surface area (Å²) in [4.78, 5) is 14.0. The Kier molecular flexibility index (Phi) is 7.77. The Bertz CT molecular complexity index is 1080. The highest BCUT2D eigenvalue weighted by Crippen LogP contribution is 2.27. The molecule has 0 aliphatic carbocycles. The fourth-order valence-corrected chi connectivity index (χ4v) is 4.87. The summed E-state index contributed by atoms with van der Waals surface area (Å²) in [7, 11) is -2.13. The third-order valence-corrected chi connectivity index (χ3v) is 7.51. The van der Waals surface area contributed by atoms with Crippen LogP contribution in [0.15, 0.2) is 53.4 Å². The minimum absolute atomic E-state index is 0.0255. The predicted octanol–water partition coefficient (Wildman–Crippen LogP) is 4.75. The van der Waals surface area contributed by atoms with E-state index in [9.17, 15) is 26.4 Å². The van der Waals surface area contributed by atoms with E-state index in [1.54, 1.807) is 24.3 Å². The molecule has 11 heteroatoms. The second-order valence-electron chi connectivity index (χ2n) is 8.15. The number of hydrogen-bond donors (Lipinski definition) is 0. The van der Waals surface area contributed by atoms with Gasteiger partial charge in [-0.25, -0.2) is 13.2 Å². The molecule has 1 aliphatic heterocycles. The van der Waals surface area contributed by atoms with E-state index in [0.717, 1.165) is 12.5 Å². The highest BCUT2D eigenvalue weighted by atomic mass is 32.2. The van der Waals surface area contributed by atoms with Gasteiger partial charge in [0.2, 0.25) is 10.0 Å². The molecule has 0 saturated carbocycles. The maximum Gasteiger partial charge on any atom is 0.425 e. The molecule has 2 aromatic rings. The molecule has 2 aromatic carbocycles. The molecule has 186 valence electrons. The number of piperidine rings is 1. The van der Waals surface area contributed by atoms with Gasteiger partial charge in [0.25, 0.3) is 0 Å². The summed E-state index contributed by atoms with van der Waals surface area (Å²) in [6.07, 6.45) is -6.82. The zero-order valence-electron chi connectivity index (χ0n) is 19.1. The number of hydrogen-bond acceptors (Lipinski definition) is 5. The molecule has 0 N–H and O–H groups in total. The lowest BCUT2D eigenvalue weighted by Gasteiger charge is -2.31. The van der Waals surface area contributed by atoms with E-state index in [-0.39, 0.29) is 23.7 Å². The van der Waals surface area contributed by atoms with Gasteiger partial charge in [-0.3, -0.25) is 4.90 Å². The molecule has 0 spiro atoms. The van der Waals surface area contributed by atoms with Gasteiger partial charge >= 0.3 is 12.3 Å². The normalized spacial score (nSPS) is 16.6. The summed E-state index contributed by atoms with van der Waals surface area (Å²) >= 11 is 0. The molecule has 1 unspecified atom stereocenters. The second kappa shape index (κ2) is 10.2. The Morgan fingerprint density at radius 1 is 1.06 bits per heavy atom. The van der Waals surface area contributed by atoms with E-state index in [2.05, 4.69) is 0 Å². The van der Waals surface area contributed by atoms with E-state index in [4.69, 9.17) is 9.47 Å². The molecule has 7 nitrogen and oxygen atoms in total. The van der Waals surface area contributed by atoms with Crippen molar-refractivity contribution in [1.29, 1.82) is 0 Å². The number of carbonyl (C=O) groups is 1. The highest BCUT2D eigenvalue weighted by molar-refractivity contribution is 7.89. The summed E-state index contributed by atoms with van der Waals surface area (Å²) in [5.41, 5.74) is 1.38. The van der Waals surface area contributed by atoms with Crippen molar-refractivity contribution in [3.05, 3.63) is 54.1 Å². The maximum atomic E-state index is 12.8. The largest absolute Gasteiger partial charge is 0.481 e. The summed E-state index contributed by atoms with van der Waals surface area (Å²) in [6.45, 7) is 3.24. The fraction of sp³-hybridized carbons (Fsp3) is 0.435. The molecule has 1 fully saturated rings. The van der Waals surface area contributed by atoms with Crippen LogP contribution in [0.2, 0.25) is 0 Å². The maximum absolute atomic E-state index is 12.8. The van der Waals surface area contributed by atoms with E-state index < -0.39 is 34.5 Å². The van der Waals surface area contributed by atoms with Crippen molar-refractivity contribution in [1.82, 2.24) is 4.31 Å². The Balaban J connectivity index is 1.53. The lowest BCUT2D eigenvalue weighted by Crippen LogP contribution is -2.42. The van der Waals surface area contributed by atoms with Crippen LogP contribution >= 0.6 is 0 Å². The smallest absolute Gasteiger partial charge is 0.425 e. The van der Waals surface area contributed by atoms with Crippen LogP contribution in [-0.4, -0.2) is 57.3 Å². The number of carbonyl (C=O) groups excluding carboxylic acids is 1. The van der Waals surface area contributed by atoms with Gasteiger partial charge in [0.1, 0.15) is 11.9 Å². The van der Waals surface area contributed by atoms with Crippen LogP contribution in [0.5, 0.6) is 5.75 Å². The Morgan fingerprint density at radius 2 is 1.62 bits per heavy atom. The van der Waals surface area contributed by atoms with Crippen LogP contribution in [-0.2, 0) is 14.8 Å². The first-order valence-electron chi connectivity index (χ1n) is 10.7. The van der Waals surface area contributed by atoms with E-state index in [1.165, 1.54) is 40.5 Å². The molecule has 0 radical (unpaired) electrons. The predicted molar refractivity (Wildman–Crippen MR) is 120 cm³/mol. The zero-order chi connectivity index (χ0) is 25.1. The molecule has 1 heterocycles. The van der Waals surface area contributed by atoms with Crippen molar-refractivity contribution in [2.45, 2.75) is 50.0 Å². The molecule has 0 aromatic heterocycles. The number of rotatable bonds is 6. The van der Waals surface area contributed by atoms with Gasteiger partial charge in [0.15, 0.2) is 6.10 Å². The number of sulfonamides is 1. The van der Waals surface area contributed by atoms with Crippen LogP contribution in [0.1, 0.15) is 25.3 Å². The van der Waals surface area contributed by atoms with Crippen molar-refractivity contribution in [3.63, 3.8) is 0 Å². The summed E-state index contributed by atoms with van der Waals surface area (Å²) in [5, 5.41) is 0. The topological polar surface area (TPSA) is 76.2 Å². The first kappa shape index (κ1) is 25.8. The zero-order valence-corrected chi connectivity index (χ0v) is 19.9. The van der Waals surface area contributed by atoms with Gasteiger partial charge in [-0.05, 0) is 63.1 Å². The average Bonchev–Trinajstić information content (AvgIpc) is 2.79. The molecular weight excluding hydrogens is 473 g/mol. The lowest BCUT2D eigenvalue weighted by molar-refractivity contribution is -0.189. The third kappa shape index (κ3) is 6.20. The summed E-state index contributed by atoms with van der Waals surface area (Å²) in [6, 6.07) is 12.2. The van der Waals surface area contributed by atoms with Crippen molar-refractivity contribution in [2.75, 3.05) is 25.0 Å². The number of alkyl halides is 3. The van der Waals surface area contributed by atoms with Crippen molar-refractivity contribution in [3.8, 4) is 5.75 Å². The van der Waals surface area contributed by atoms with Crippen LogP contribution < -0.4 is 9.64 Å². The molecule has 1 atom stereocenters. The molecule has 1 aliphatic rings. The quantitative estimate of drug-likeness (QED) is 0.572. The minimum Gasteiger partial charge on any atom is -0.481 e. The Hall–Kier alpha value is -2.79. The van der Waals surface area contributed by atoms with Crippen LogP contribution in [0, 0.1) is 6.92 Å². The van der Waals surface area contributed by atoms with Gasteiger partial charge in [0.05, 0.1) is 4.90 Å². The summed E-state index contributed by atoms with van der Waals surface area (Å²) in [5.74, 6) is 0.0255. The minimum atomic E-state index is -4.48. The van der Waals surface area contributed by atoms with E-state index in [0.29, 0.717) is 18.5 Å². The molecule has 3 rings (SSSR count). The van der Waals surface area contributed by atoms with E-state index >= 15 is 0 Å². The van der Waals surface area contributed by atoms with Crippen LogP contribution in [0.4, 0.5) is 23.7 Å². The first-order chi connectivity index (χ1) is 15.9. The number of benzene rings is 2. The van der Waals surface area contributed by atoms with Crippen molar-refractivity contribution >= 4 is 21.8 Å². The molecule has 1 amide bonds. The average molecular weight is 501 g/mol. The van der Waals surface area contributed by atoms with Crippen molar-refractivity contribution in [2.24, 2.45) is 0 Å². The number of aryl methyl sites for hydroxylation is 1. The SMILES string of the molecule is Cc1ccc(S(=O)(=O)N2CCC(OC(=O)N(C)c3ccc(OC(C)C(F)(F)F)cc3)CC2)cc1. The third-order valence-electron chi connectivity index (χ3n) is 5.60. The molecule has 1 saturated heterocycles. The lowest BCUT2D eigenvalue weighted by atomic mass is 10.1. The number of nitrogens with zero attached hydrogens (tertiary/aromatic N) is 2. The van der Waals surface area contributed by atoms with Gasteiger partial charge in [-0.1, -0.05) is 17.7 Å².